The second-order valence-electron chi connectivity index (χ2n) is 12.3. The van der Waals surface area contributed by atoms with Gasteiger partial charge in [0, 0.05) is 33.8 Å². The maximum atomic E-state index is 14.2. The van der Waals surface area contributed by atoms with Crippen LogP contribution in [0, 0.1) is 17.8 Å². The van der Waals surface area contributed by atoms with Gasteiger partial charge in [0.25, 0.3) is 0 Å². The van der Waals surface area contributed by atoms with Crippen LogP contribution in [0.15, 0.2) is 101 Å². The zero-order valence-electron chi connectivity index (χ0n) is 26.2. The van der Waals surface area contributed by atoms with Crippen LogP contribution in [0.1, 0.15) is 42.4 Å². The Bertz CT molecular complexity index is 1980. The van der Waals surface area contributed by atoms with Gasteiger partial charge < -0.3 is 14.6 Å². The number of para-hydroxylation sites is 1. The van der Waals surface area contributed by atoms with Gasteiger partial charge in [-0.2, -0.15) is 0 Å². The van der Waals surface area contributed by atoms with E-state index in [0.29, 0.717) is 45.9 Å². The van der Waals surface area contributed by atoms with E-state index >= 15 is 0 Å². The molecular formula is C39H33NO7. The van der Waals surface area contributed by atoms with Gasteiger partial charge in [-0.15, -0.1) is 0 Å². The second-order valence-corrected chi connectivity index (χ2v) is 12.3. The molecular weight excluding hydrogens is 594 g/mol. The molecule has 3 aromatic rings. The number of carbonyl (C=O) groups excluding carboxylic acids is 4. The molecule has 8 nitrogen and oxygen atoms in total. The Morgan fingerprint density at radius 1 is 0.872 bits per heavy atom. The Balaban J connectivity index is 1.20. The van der Waals surface area contributed by atoms with Crippen molar-refractivity contribution in [3.8, 4) is 17.2 Å². The number of anilines is 1. The largest absolute Gasteiger partial charge is 0.508 e. The van der Waals surface area contributed by atoms with E-state index in [9.17, 15) is 24.3 Å². The van der Waals surface area contributed by atoms with Crippen LogP contribution in [0.4, 0.5) is 5.69 Å². The van der Waals surface area contributed by atoms with Crippen molar-refractivity contribution in [1.82, 2.24) is 0 Å². The number of fused-ring (bicyclic) bond motifs is 3. The summed E-state index contributed by atoms with van der Waals surface area (Å²) in [5.41, 5.74) is 4.56. The zero-order valence-corrected chi connectivity index (χ0v) is 26.2. The molecule has 7 rings (SSSR count). The predicted octanol–water partition coefficient (Wildman–Crippen LogP) is 6.21. The number of amides is 2. The molecule has 3 aromatic carbocycles. The molecule has 1 heterocycles. The number of benzene rings is 3. The highest BCUT2D eigenvalue weighted by Crippen LogP contribution is 2.56. The first kappa shape index (κ1) is 30.2. The summed E-state index contributed by atoms with van der Waals surface area (Å²) in [5, 5.41) is 10.9. The number of hydrogen-bond acceptors (Lipinski definition) is 7. The van der Waals surface area contributed by atoms with Gasteiger partial charge in [-0.1, -0.05) is 54.1 Å². The highest BCUT2D eigenvalue weighted by atomic mass is 16.5. The third-order valence-corrected chi connectivity index (χ3v) is 9.86. The topological polar surface area (TPSA) is 110 Å². The van der Waals surface area contributed by atoms with Crippen LogP contribution >= 0.6 is 0 Å². The molecule has 2 amide bonds. The summed E-state index contributed by atoms with van der Waals surface area (Å²) in [7, 11) is 3.21. The zero-order chi connectivity index (χ0) is 33.0. The van der Waals surface area contributed by atoms with E-state index in [2.05, 4.69) is 0 Å². The van der Waals surface area contributed by atoms with Crippen molar-refractivity contribution < 1.29 is 33.8 Å². The van der Waals surface area contributed by atoms with Gasteiger partial charge in [0.1, 0.15) is 17.2 Å². The van der Waals surface area contributed by atoms with Crippen LogP contribution in [0.3, 0.4) is 0 Å². The summed E-state index contributed by atoms with van der Waals surface area (Å²) < 4.78 is 10.8. The molecule has 0 saturated carbocycles. The minimum Gasteiger partial charge on any atom is -0.508 e. The van der Waals surface area contributed by atoms with Crippen molar-refractivity contribution in [1.29, 1.82) is 0 Å². The Hall–Kier alpha value is -5.50. The Morgan fingerprint density at radius 2 is 1.64 bits per heavy atom. The summed E-state index contributed by atoms with van der Waals surface area (Å²) in [6, 6.07) is 19.5. The smallest absolute Gasteiger partial charge is 0.238 e. The summed E-state index contributed by atoms with van der Waals surface area (Å²) in [4.78, 5) is 56.2. The molecule has 0 radical (unpaired) electrons. The van der Waals surface area contributed by atoms with Gasteiger partial charge in [-0.3, -0.25) is 24.1 Å². The Labute approximate surface area is 272 Å². The Kier molecular flexibility index (Phi) is 7.51. The molecule has 8 heteroatoms. The number of aromatic hydroxyl groups is 1. The van der Waals surface area contributed by atoms with Gasteiger partial charge in [-0.05, 0) is 73.7 Å². The first-order chi connectivity index (χ1) is 22.7. The Morgan fingerprint density at radius 3 is 2.36 bits per heavy atom. The predicted molar refractivity (Wildman–Crippen MR) is 177 cm³/mol. The van der Waals surface area contributed by atoms with E-state index in [4.69, 9.17) is 9.47 Å². The molecule has 236 valence electrons. The van der Waals surface area contributed by atoms with Crippen molar-refractivity contribution in [2.24, 2.45) is 17.8 Å². The third-order valence-electron chi connectivity index (χ3n) is 9.86. The fourth-order valence-corrected chi connectivity index (χ4v) is 7.59. The van der Waals surface area contributed by atoms with Gasteiger partial charge in [-0.25, -0.2) is 0 Å². The van der Waals surface area contributed by atoms with Crippen LogP contribution < -0.4 is 14.4 Å². The first-order valence-electron chi connectivity index (χ1n) is 15.6. The van der Waals surface area contributed by atoms with Gasteiger partial charge in [0.2, 0.25) is 11.8 Å². The first-order valence-corrected chi connectivity index (χ1v) is 15.6. The standard InChI is InChI=1S/C39H33NO7/c1-21-18-32(42)30-20-29-26(34(36(30)37(21)43)27-6-4-5-7-31(27)41)15-16-28-35(29)39(45)40(38(28)44)24-12-9-22(10-13-24)8-11-23-19-25(46-2)14-17-33(23)47-3/h4-15,17-19,28-29,34-35,41H,16,20H2,1-3H3/t28-,29+,34+,35-/m0/s1. The lowest BCUT2D eigenvalue weighted by Crippen LogP contribution is -2.39. The van der Waals surface area contributed by atoms with Crippen LogP contribution in [0.5, 0.6) is 17.2 Å². The number of carbonyl (C=O) groups is 4. The number of allylic oxidation sites excluding steroid dienone is 6. The highest BCUT2D eigenvalue weighted by Gasteiger charge is 2.56. The normalized spacial score (nSPS) is 23.8. The maximum Gasteiger partial charge on any atom is 0.238 e. The summed E-state index contributed by atoms with van der Waals surface area (Å²) in [6.07, 6.45) is 7.64. The number of phenols is 1. The lowest BCUT2D eigenvalue weighted by atomic mass is 9.59. The molecule has 47 heavy (non-hydrogen) atoms. The molecule has 0 bridgehead atoms. The second kappa shape index (κ2) is 11.7. The van der Waals surface area contributed by atoms with E-state index in [1.165, 1.54) is 11.0 Å². The molecule has 0 unspecified atom stereocenters. The minimum atomic E-state index is -0.695. The van der Waals surface area contributed by atoms with E-state index in [1.807, 2.05) is 48.6 Å². The minimum absolute atomic E-state index is 0.00918. The maximum absolute atomic E-state index is 14.2. The molecule has 1 aliphatic heterocycles. The van der Waals surface area contributed by atoms with Crippen molar-refractivity contribution in [3.05, 3.63) is 118 Å². The van der Waals surface area contributed by atoms with Gasteiger partial charge in [0.05, 0.1) is 31.7 Å². The SMILES string of the molecule is COc1ccc(OC)c(C=Cc2ccc(N3C(=O)[C@H]4[C@H](CC=C5[C@H](c6ccccc6O)C6=C(C[C@H]54)C(=O)C=C(C)C6=O)C3=O)cc2)c1. The molecule has 1 N–H and O–H groups in total. The molecule has 4 aliphatic rings. The number of rotatable bonds is 6. The van der Waals surface area contributed by atoms with Crippen molar-refractivity contribution in [2.45, 2.75) is 25.7 Å². The monoisotopic (exact) mass is 627 g/mol. The molecule has 0 spiro atoms. The number of ether oxygens (including phenoxy) is 2. The van der Waals surface area contributed by atoms with Gasteiger partial charge >= 0.3 is 0 Å². The summed E-state index contributed by atoms with van der Waals surface area (Å²) in [6.45, 7) is 1.62. The van der Waals surface area contributed by atoms with Crippen LogP contribution in [-0.4, -0.2) is 42.7 Å². The van der Waals surface area contributed by atoms with Crippen molar-refractivity contribution >= 4 is 41.2 Å². The number of phenolic OH excluding ortho intramolecular Hbond substituents is 1. The molecule has 1 saturated heterocycles. The molecule has 4 atom stereocenters. The van der Waals surface area contributed by atoms with Crippen LogP contribution in [-0.2, 0) is 19.2 Å². The number of Topliss-reactive ketones (excluding diaryl/α,β-unsaturated/α-hetero) is 1. The average Bonchev–Trinajstić information content (AvgIpc) is 3.34. The average molecular weight is 628 g/mol. The number of imide groups is 1. The van der Waals surface area contributed by atoms with E-state index in [-0.39, 0.29) is 35.6 Å². The van der Waals surface area contributed by atoms with Gasteiger partial charge in [0.15, 0.2) is 11.6 Å². The van der Waals surface area contributed by atoms with E-state index in [0.717, 1.165) is 16.7 Å². The quantitative estimate of drug-likeness (QED) is 0.150. The molecule has 0 aromatic heterocycles. The number of ketones is 2. The van der Waals surface area contributed by atoms with Crippen LogP contribution in [0.25, 0.3) is 12.2 Å². The van der Waals surface area contributed by atoms with E-state index in [1.54, 1.807) is 57.5 Å². The number of nitrogens with zero attached hydrogens (tertiary/aromatic N) is 1. The van der Waals surface area contributed by atoms with Crippen molar-refractivity contribution in [2.75, 3.05) is 19.1 Å². The van der Waals surface area contributed by atoms with Crippen LogP contribution in [0.2, 0.25) is 0 Å². The summed E-state index contributed by atoms with van der Waals surface area (Å²) >= 11 is 0. The fourth-order valence-electron chi connectivity index (χ4n) is 7.59. The lowest BCUT2D eigenvalue weighted by Gasteiger charge is -2.42. The molecule has 3 aliphatic carbocycles. The fraction of sp³-hybridized carbons (Fsp3) is 0.231. The molecule has 1 fully saturated rings. The van der Waals surface area contributed by atoms with Crippen molar-refractivity contribution in [3.63, 3.8) is 0 Å². The lowest BCUT2D eigenvalue weighted by molar-refractivity contribution is -0.123. The number of hydrogen-bond donors (Lipinski definition) is 1. The highest BCUT2D eigenvalue weighted by molar-refractivity contribution is 6.25. The number of methoxy groups -OCH3 is 2. The van der Waals surface area contributed by atoms with E-state index < -0.39 is 23.7 Å². The summed E-state index contributed by atoms with van der Waals surface area (Å²) in [5.74, 6) is -2.12. The third kappa shape index (κ3) is 4.92.